The monoisotopic (exact) mass is 266 g/mol. The summed E-state index contributed by atoms with van der Waals surface area (Å²) in [6, 6.07) is 8.23. The van der Waals surface area contributed by atoms with Gasteiger partial charge in [0.1, 0.15) is 0 Å². The van der Waals surface area contributed by atoms with E-state index in [2.05, 4.69) is 37.8 Å². The fourth-order valence-corrected chi connectivity index (χ4v) is 2.79. The average Bonchev–Trinajstić information content (AvgIpc) is 2.28. The second-order valence-corrected chi connectivity index (χ2v) is 6.63. The Balaban J connectivity index is 2.46. The van der Waals surface area contributed by atoms with Gasteiger partial charge in [-0.3, -0.25) is 4.90 Å². The van der Waals surface area contributed by atoms with Crippen LogP contribution < -0.4 is 5.73 Å². The van der Waals surface area contributed by atoms with Gasteiger partial charge in [-0.25, -0.2) is 0 Å². The van der Waals surface area contributed by atoms with Crippen LogP contribution >= 0.6 is 11.8 Å². The van der Waals surface area contributed by atoms with E-state index in [4.69, 9.17) is 5.73 Å². The van der Waals surface area contributed by atoms with Gasteiger partial charge < -0.3 is 5.73 Å². The molecule has 0 aliphatic heterocycles. The number of nitrogens with zero attached hydrogens (tertiary/aromatic N) is 1. The van der Waals surface area contributed by atoms with Crippen molar-refractivity contribution in [2.24, 2.45) is 0 Å². The summed E-state index contributed by atoms with van der Waals surface area (Å²) in [4.78, 5) is 2.52. The van der Waals surface area contributed by atoms with Crippen LogP contribution in [0.3, 0.4) is 0 Å². The average molecular weight is 266 g/mol. The van der Waals surface area contributed by atoms with Crippen molar-refractivity contribution in [2.45, 2.75) is 39.0 Å². The van der Waals surface area contributed by atoms with Crippen molar-refractivity contribution in [3.8, 4) is 0 Å². The molecule has 0 fully saturated rings. The molecule has 0 aliphatic carbocycles. The van der Waals surface area contributed by atoms with E-state index in [0.29, 0.717) is 0 Å². The number of hydrogen-bond acceptors (Lipinski definition) is 3. The van der Waals surface area contributed by atoms with Crippen molar-refractivity contribution in [3.63, 3.8) is 0 Å². The Labute approximate surface area is 116 Å². The number of benzene rings is 1. The van der Waals surface area contributed by atoms with E-state index in [0.717, 1.165) is 30.6 Å². The summed E-state index contributed by atoms with van der Waals surface area (Å²) in [7, 11) is 0. The molecule has 0 atom stereocenters. The van der Waals surface area contributed by atoms with Crippen LogP contribution in [-0.2, 0) is 6.54 Å². The van der Waals surface area contributed by atoms with Gasteiger partial charge in [0.05, 0.1) is 0 Å². The Hall–Kier alpha value is -0.670. The highest BCUT2D eigenvalue weighted by Crippen LogP contribution is 2.13. The van der Waals surface area contributed by atoms with Gasteiger partial charge in [0.25, 0.3) is 0 Å². The van der Waals surface area contributed by atoms with Crippen molar-refractivity contribution in [3.05, 3.63) is 29.8 Å². The van der Waals surface area contributed by atoms with Gasteiger partial charge in [-0.2, -0.15) is 11.8 Å². The van der Waals surface area contributed by atoms with E-state index >= 15 is 0 Å². The Morgan fingerprint density at radius 2 is 2.06 bits per heavy atom. The summed E-state index contributed by atoms with van der Waals surface area (Å²) in [6.45, 7) is 10.1. The molecule has 0 bridgehead atoms. The Morgan fingerprint density at radius 1 is 1.28 bits per heavy atom. The molecule has 1 aromatic rings. The van der Waals surface area contributed by atoms with Crippen LogP contribution in [0.15, 0.2) is 24.3 Å². The van der Waals surface area contributed by atoms with Gasteiger partial charge in [0.15, 0.2) is 0 Å². The minimum absolute atomic E-state index is 0.723. The first-order chi connectivity index (χ1) is 8.61. The molecule has 0 amide bonds. The first-order valence-corrected chi connectivity index (χ1v) is 7.85. The summed E-state index contributed by atoms with van der Waals surface area (Å²) in [6.07, 6.45) is 1.20. The number of rotatable bonds is 8. The minimum atomic E-state index is 0.723. The van der Waals surface area contributed by atoms with Crippen LogP contribution in [0, 0.1) is 0 Å². The van der Waals surface area contributed by atoms with Crippen LogP contribution in [0.1, 0.15) is 32.8 Å². The third-order valence-corrected chi connectivity index (χ3v) is 3.84. The predicted molar refractivity (Wildman–Crippen MR) is 84.0 cm³/mol. The molecule has 102 valence electrons. The zero-order valence-electron chi connectivity index (χ0n) is 11.9. The lowest BCUT2D eigenvalue weighted by Crippen LogP contribution is -2.27. The van der Waals surface area contributed by atoms with E-state index in [1.54, 1.807) is 0 Å². The molecule has 0 unspecified atom stereocenters. The van der Waals surface area contributed by atoms with E-state index in [9.17, 15) is 0 Å². The molecule has 1 aromatic carbocycles. The number of nitrogen functional groups attached to an aromatic ring is 1. The molecule has 2 nitrogen and oxygen atoms in total. The van der Waals surface area contributed by atoms with Gasteiger partial charge in [-0.15, -0.1) is 0 Å². The fraction of sp³-hybridized carbons (Fsp3) is 0.600. The molecule has 0 radical (unpaired) electrons. The molecule has 0 aliphatic rings. The molecular weight excluding hydrogens is 240 g/mol. The van der Waals surface area contributed by atoms with Gasteiger partial charge in [-0.05, 0) is 35.9 Å². The van der Waals surface area contributed by atoms with Crippen LogP contribution in [0.5, 0.6) is 0 Å². The molecule has 0 saturated heterocycles. The van der Waals surface area contributed by atoms with Crippen LogP contribution in [0.2, 0.25) is 0 Å². The zero-order valence-corrected chi connectivity index (χ0v) is 12.7. The van der Waals surface area contributed by atoms with Gasteiger partial charge >= 0.3 is 0 Å². The van der Waals surface area contributed by atoms with Crippen LogP contribution in [-0.4, -0.2) is 29.0 Å². The summed E-state index contributed by atoms with van der Waals surface area (Å²) in [5.74, 6) is 1.21. The molecule has 1 rings (SSSR count). The summed E-state index contributed by atoms with van der Waals surface area (Å²) >= 11 is 2.03. The van der Waals surface area contributed by atoms with Crippen molar-refractivity contribution in [2.75, 3.05) is 24.6 Å². The number of hydrogen-bond donors (Lipinski definition) is 1. The Bertz CT molecular complexity index is 339. The normalized spacial score (nSPS) is 11.4. The maximum atomic E-state index is 5.83. The molecule has 0 spiro atoms. The fourth-order valence-electron chi connectivity index (χ4n) is 1.95. The molecule has 0 aromatic heterocycles. The van der Waals surface area contributed by atoms with E-state index in [-0.39, 0.29) is 0 Å². The second-order valence-electron chi connectivity index (χ2n) is 4.94. The molecule has 2 N–H and O–H groups in total. The lowest BCUT2D eigenvalue weighted by Gasteiger charge is -2.22. The standard InChI is InChI=1S/C15H26N2S/c1-4-8-17(9-10-18-13(2)3)12-14-6-5-7-15(16)11-14/h5-7,11,13H,4,8-10,12,16H2,1-3H3. The van der Waals surface area contributed by atoms with Crippen LogP contribution in [0.4, 0.5) is 5.69 Å². The maximum absolute atomic E-state index is 5.83. The highest BCUT2D eigenvalue weighted by molar-refractivity contribution is 7.99. The van der Waals surface area contributed by atoms with Crippen molar-refractivity contribution in [1.29, 1.82) is 0 Å². The third kappa shape index (κ3) is 6.31. The lowest BCUT2D eigenvalue weighted by molar-refractivity contribution is 0.283. The Kier molecular flexibility index (Phi) is 7.21. The molecular formula is C15H26N2S. The number of nitrogens with two attached hydrogens (primary N) is 1. The molecule has 18 heavy (non-hydrogen) atoms. The van der Waals surface area contributed by atoms with Crippen molar-refractivity contribution in [1.82, 2.24) is 4.90 Å². The largest absolute Gasteiger partial charge is 0.399 e. The van der Waals surface area contributed by atoms with Crippen molar-refractivity contribution < 1.29 is 0 Å². The van der Waals surface area contributed by atoms with Crippen molar-refractivity contribution >= 4 is 17.4 Å². The first-order valence-electron chi connectivity index (χ1n) is 6.80. The van der Waals surface area contributed by atoms with E-state index in [1.165, 1.54) is 17.7 Å². The van der Waals surface area contributed by atoms with Crippen LogP contribution in [0.25, 0.3) is 0 Å². The van der Waals surface area contributed by atoms with E-state index < -0.39 is 0 Å². The highest BCUT2D eigenvalue weighted by atomic mass is 32.2. The molecule has 0 heterocycles. The number of anilines is 1. The van der Waals surface area contributed by atoms with Gasteiger partial charge in [0, 0.05) is 24.5 Å². The predicted octanol–water partition coefficient (Wildman–Crippen LogP) is 3.62. The first kappa shape index (κ1) is 15.4. The maximum Gasteiger partial charge on any atom is 0.0317 e. The quantitative estimate of drug-likeness (QED) is 0.729. The van der Waals surface area contributed by atoms with E-state index in [1.807, 2.05) is 23.9 Å². The summed E-state index contributed by atoms with van der Waals surface area (Å²) in [5.41, 5.74) is 8.00. The Morgan fingerprint density at radius 3 is 2.67 bits per heavy atom. The van der Waals surface area contributed by atoms with Gasteiger partial charge in [-0.1, -0.05) is 32.9 Å². The smallest absolute Gasteiger partial charge is 0.0317 e. The molecule has 3 heteroatoms. The summed E-state index contributed by atoms with van der Waals surface area (Å²) < 4.78 is 0. The summed E-state index contributed by atoms with van der Waals surface area (Å²) in [5, 5.41) is 0.723. The molecule has 0 saturated carbocycles. The second kappa shape index (κ2) is 8.44. The zero-order chi connectivity index (χ0) is 13.4. The topological polar surface area (TPSA) is 29.3 Å². The highest BCUT2D eigenvalue weighted by Gasteiger charge is 2.06. The lowest BCUT2D eigenvalue weighted by atomic mass is 10.2. The minimum Gasteiger partial charge on any atom is -0.399 e. The van der Waals surface area contributed by atoms with Gasteiger partial charge in [0.2, 0.25) is 0 Å². The SMILES string of the molecule is CCCN(CCSC(C)C)Cc1cccc(N)c1. The number of thioether (sulfide) groups is 1. The third-order valence-electron chi connectivity index (χ3n) is 2.76.